The molecule has 1 N–H and O–H groups in total. The van der Waals surface area contributed by atoms with Gasteiger partial charge in [0.2, 0.25) is 0 Å². The highest BCUT2D eigenvalue weighted by Gasteiger charge is 2.53. The Kier molecular flexibility index (Phi) is 2.69. The summed E-state index contributed by atoms with van der Waals surface area (Å²) in [7, 11) is 1.34. The number of hydrogen-bond acceptors (Lipinski definition) is 5. The van der Waals surface area contributed by atoms with Crippen LogP contribution in [0.4, 0.5) is 5.82 Å². The average Bonchev–Trinajstić information content (AvgIpc) is 3.28. The van der Waals surface area contributed by atoms with Gasteiger partial charge in [-0.3, -0.25) is 0 Å². The molecule has 2 saturated carbocycles. The van der Waals surface area contributed by atoms with Gasteiger partial charge in [0.1, 0.15) is 5.82 Å². The van der Waals surface area contributed by atoms with Crippen LogP contribution in [0.5, 0.6) is 0 Å². The number of esters is 1. The van der Waals surface area contributed by atoms with Gasteiger partial charge in [-0.15, -0.1) is 0 Å². The molecule has 3 rings (SSSR count). The monoisotopic (exact) mass is 247 g/mol. The van der Waals surface area contributed by atoms with E-state index in [1.807, 2.05) is 0 Å². The number of hydrogen-bond donors (Lipinski definition) is 1. The Morgan fingerprint density at radius 3 is 2.72 bits per heavy atom. The first kappa shape index (κ1) is 11.4. The van der Waals surface area contributed by atoms with Crippen molar-refractivity contribution in [1.82, 2.24) is 9.97 Å². The van der Waals surface area contributed by atoms with Gasteiger partial charge in [0.05, 0.1) is 19.5 Å². The summed E-state index contributed by atoms with van der Waals surface area (Å²) < 4.78 is 4.58. The Morgan fingerprint density at radius 1 is 1.44 bits per heavy atom. The minimum atomic E-state index is -0.453. The number of nitrogens with one attached hydrogen (secondary N) is 1. The predicted octanol–water partition coefficient (Wildman–Crippen LogP) is 1.87. The summed E-state index contributed by atoms with van der Waals surface area (Å²) in [4.78, 5) is 19.4. The quantitative estimate of drug-likeness (QED) is 0.805. The third-order valence-corrected chi connectivity index (χ3v) is 4.00. The molecule has 0 amide bonds. The fourth-order valence-electron chi connectivity index (χ4n) is 2.48. The second-order valence-electron chi connectivity index (χ2n) is 5.27. The number of aromatic nitrogens is 2. The maximum atomic E-state index is 11.2. The zero-order valence-corrected chi connectivity index (χ0v) is 10.5. The van der Waals surface area contributed by atoms with E-state index in [9.17, 15) is 4.79 Å². The van der Waals surface area contributed by atoms with Crippen LogP contribution in [-0.2, 0) is 4.74 Å². The normalized spacial score (nSPS) is 20.3. The highest BCUT2D eigenvalue weighted by Crippen LogP contribution is 2.61. The second-order valence-corrected chi connectivity index (χ2v) is 5.27. The first-order chi connectivity index (χ1) is 8.73. The number of rotatable bonds is 5. The summed E-state index contributed by atoms with van der Waals surface area (Å²) in [6, 6.07) is 0. The van der Waals surface area contributed by atoms with E-state index in [0.29, 0.717) is 5.41 Å². The lowest BCUT2D eigenvalue weighted by molar-refractivity contribution is 0.0593. The van der Waals surface area contributed by atoms with Crippen LogP contribution in [-0.4, -0.2) is 29.6 Å². The summed E-state index contributed by atoms with van der Waals surface area (Å²) in [5.74, 6) is 1.20. The lowest BCUT2D eigenvalue weighted by atomic mass is 10.0. The van der Waals surface area contributed by atoms with Gasteiger partial charge in [-0.2, -0.15) is 0 Å². The van der Waals surface area contributed by atoms with Crippen LogP contribution in [0.15, 0.2) is 12.4 Å². The Balaban J connectivity index is 1.58. The first-order valence-electron chi connectivity index (χ1n) is 6.38. The molecular weight excluding hydrogens is 230 g/mol. The zero-order chi connectivity index (χ0) is 12.6. The molecule has 2 aliphatic rings. The molecular formula is C13H17N3O2. The Bertz CT molecular complexity index is 450. The molecule has 2 fully saturated rings. The summed E-state index contributed by atoms with van der Waals surface area (Å²) in [5, 5.41) is 3.33. The van der Waals surface area contributed by atoms with Crippen LogP contribution < -0.4 is 5.32 Å². The van der Waals surface area contributed by atoms with Gasteiger partial charge in [-0.05, 0) is 37.0 Å². The molecule has 0 spiro atoms. The minimum absolute atomic E-state index is 0.242. The van der Waals surface area contributed by atoms with Crippen molar-refractivity contribution < 1.29 is 9.53 Å². The van der Waals surface area contributed by atoms with Crippen molar-refractivity contribution in [2.45, 2.75) is 25.7 Å². The van der Waals surface area contributed by atoms with Gasteiger partial charge in [-0.25, -0.2) is 14.8 Å². The fraction of sp³-hybridized carbons (Fsp3) is 0.615. The molecule has 0 aromatic carbocycles. The smallest absolute Gasteiger partial charge is 0.358 e. The van der Waals surface area contributed by atoms with Crippen molar-refractivity contribution >= 4 is 11.8 Å². The summed E-state index contributed by atoms with van der Waals surface area (Å²) in [6.45, 7) is 0.976. The largest absolute Gasteiger partial charge is 0.464 e. The number of ether oxygens (including phenoxy) is 1. The molecule has 96 valence electrons. The van der Waals surface area contributed by atoms with Crippen LogP contribution in [0.2, 0.25) is 0 Å². The van der Waals surface area contributed by atoms with Gasteiger partial charge in [-0.1, -0.05) is 0 Å². The standard InChI is InChI=1S/C13H17N3O2/c1-18-12(17)10-6-15-11(7-14-10)16-8-13(4-5-13)9-2-3-9/h6-7,9H,2-5,8H2,1H3,(H,15,16). The van der Waals surface area contributed by atoms with E-state index in [4.69, 9.17) is 0 Å². The van der Waals surface area contributed by atoms with E-state index in [1.165, 1.54) is 39.0 Å². The third kappa shape index (κ3) is 2.17. The van der Waals surface area contributed by atoms with Crippen molar-refractivity contribution in [2.24, 2.45) is 11.3 Å². The molecule has 1 aromatic rings. The highest BCUT2D eigenvalue weighted by atomic mass is 16.5. The molecule has 0 aliphatic heterocycles. The number of methoxy groups -OCH3 is 1. The first-order valence-corrected chi connectivity index (χ1v) is 6.38. The Morgan fingerprint density at radius 2 is 2.22 bits per heavy atom. The van der Waals surface area contributed by atoms with Gasteiger partial charge in [0.15, 0.2) is 5.69 Å². The molecule has 0 bridgehead atoms. The maximum absolute atomic E-state index is 11.2. The third-order valence-electron chi connectivity index (χ3n) is 4.00. The molecule has 0 atom stereocenters. The highest BCUT2D eigenvalue weighted by molar-refractivity contribution is 5.86. The summed E-state index contributed by atoms with van der Waals surface area (Å²) >= 11 is 0. The summed E-state index contributed by atoms with van der Waals surface area (Å²) in [5.41, 5.74) is 0.772. The fourth-order valence-corrected chi connectivity index (χ4v) is 2.48. The maximum Gasteiger partial charge on any atom is 0.358 e. The van der Waals surface area contributed by atoms with Crippen LogP contribution >= 0.6 is 0 Å². The van der Waals surface area contributed by atoms with Gasteiger partial charge in [0.25, 0.3) is 0 Å². The Labute approximate surface area is 106 Å². The van der Waals surface area contributed by atoms with Crippen molar-refractivity contribution in [3.8, 4) is 0 Å². The number of nitrogens with zero attached hydrogens (tertiary/aromatic N) is 2. The molecule has 5 nitrogen and oxygen atoms in total. The van der Waals surface area contributed by atoms with Crippen LogP contribution in [0.1, 0.15) is 36.2 Å². The molecule has 2 aliphatic carbocycles. The SMILES string of the molecule is COC(=O)c1cnc(NCC2(C3CC3)CC2)cn1. The van der Waals surface area contributed by atoms with Gasteiger partial charge >= 0.3 is 5.97 Å². The van der Waals surface area contributed by atoms with Crippen molar-refractivity contribution in [3.63, 3.8) is 0 Å². The molecule has 1 heterocycles. The van der Waals surface area contributed by atoms with Gasteiger partial charge < -0.3 is 10.1 Å². The van der Waals surface area contributed by atoms with E-state index in [2.05, 4.69) is 20.0 Å². The van der Waals surface area contributed by atoms with Gasteiger partial charge in [0, 0.05) is 6.54 Å². The molecule has 18 heavy (non-hydrogen) atoms. The van der Waals surface area contributed by atoms with Crippen LogP contribution in [0.25, 0.3) is 0 Å². The van der Waals surface area contributed by atoms with E-state index in [1.54, 1.807) is 6.20 Å². The molecule has 0 saturated heterocycles. The topological polar surface area (TPSA) is 64.1 Å². The van der Waals surface area contributed by atoms with Crippen molar-refractivity contribution in [2.75, 3.05) is 19.0 Å². The molecule has 1 aromatic heterocycles. The molecule has 5 heteroatoms. The van der Waals surface area contributed by atoms with E-state index >= 15 is 0 Å². The minimum Gasteiger partial charge on any atom is -0.464 e. The number of carbonyl (C=O) groups is 1. The number of anilines is 1. The van der Waals surface area contributed by atoms with Crippen LogP contribution in [0, 0.1) is 11.3 Å². The summed E-state index contributed by atoms with van der Waals surface area (Å²) in [6.07, 6.45) is 8.47. The van der Waals surface area contributed by atoms with E-state index in [-0.39, 0.29) is 5.69 Å². The lowest BCUT2D eigenvalue weighted by Gasteiger charge is -2.15. The lowest BCUT2D eigenvalue weighted by Crippen LogP contribution is -2.18. The molecule has 0 radical (unpaired) electrons. The zero-order valence-electron chi connectivity index (χ0n) is 10.5. The second kappa shape index (κ2) is 4.23. The predicted molar refractivity (Wildman–Crippen MR) is 66.3 cm³/mol. The Hall–Kier alpha value is -1.65. The van der Waals surface area contributed by atoms with Crippen molar-refractivity contribution in [3.05, 3.63) is 18.1 Å². The number of carbonyl (C=O) groups excluding carboxylic acids is 1. The molecule has 0 unspecified atom stereocenters. The van der Waals surface area contributed by atoms with Crippen molar-refractivity contribution in [1.29, 1.82) is 0 Å². The average molecular weight is 247 g/mol. The van der Waals surface area contributed by atoms with E-state index in [0.717, 1.165) is 18.3 Å². The van der Waals surface area contributed by atoms with E-state index < -0.39 is 5.97 Å². The van der Waals surface area contributed by atoms with Crippen LogP contribution in [0.3, 0.4) is 0 Å².